The van der Waals surface area contributed by atoms with Crippen molar-refractivity contribution in [3.63, 3.8) is 0 Å². The van der Waals surface area contributed by atoms with Crippen LogP contribution in [0.3, 0.4) is 0 Å². The topological polar surface area (TPSA) is 105 Å². The lowest BCUT2D eigenvalue weighted by atomic mass is 9.97. The first-order valence-corrected chi connectivity index (χ1v) is 7.81. The van der Waals surface area contributed by atoms with Gasteiger partial charge in [0.2, 0.25) is 5.91 Å². The summed E-state index contributed by atoms with van der Waals surface area (Å²) in [5.41, 5.74) is 7.31. The minimum atomic E-state index is -0.438. The Bertz CT molecular complexity index is 636. The van der Waals surface area contributed by atoms with Crippen LogP contribution in [0, 0.1) is 19.8 Å². The van der Waals surface area contributed by atoms with Gasteiger partial charge in [-0.1, -0.05) is 0 Å². The average Bonchev–Trinajstić information content (AvgIpc) is 2.81. The predicted octanol–water partition coefficient (Wildman–Crippen LogP) is 1.15. The second-order valence-corrected chi connectivity index (χ2v) is 5.84. The minimum absolute atomic E-state index is 0.216. The van der Waals surface area contributed by atoms with Gasteiger partial charge in [0.25, 0.3) is 5.91 Å². The monoisotopic (exact) mass is 321 g/mol. The second kappa shape index (κ2) is 6.85. The van der Waals surface area contributed by atoms with Crippen LogP contribution in [0.25, 0.3) is 0 Å². The molecule has 0 saturated carbocycles. The van der Waals surface area contributed by atoms with E-state index in [1.54, 1.807) is 25.7 Å². The fourth-order valence-electron chi connectivity index (χ4n) is 3.03. The number of rotatable bonds is 4. The van der Waals surface area contributed by atoms with E-state index in [1.807, 2.05) is 0 Å². The van der Waals surface area contributed by atoms with Crippen LogP contribution in [-0.2, 0) is 9.53 Å². The molecule has 23 heavy (non-hydrogen) atoms. The standard InChI is InChI=1S/C16H23N3O4/c1-4-23-16(22)12-9(2)13(18-10(12)3)15(21)19-7-5-6-11(8-19)14(17)20/h11,18H,4-8H2,1-3H3,(H2,17,20)/t11-/m0/s1. The summed E-state index contributed by atoms with van der Waals surface area (Å²) in [6, 6.07) is 0. The highest BCUT2D eigenvalue weighted by Gasteiger charge is 2.30. The summed E-state index contributed by atoms with van der Waals surface area (Å²) in [4.78, 5) is 40.7. The number of carbonyl (C=O) groups excluding carboxylic acids is 3. The number of piperidine rings is 1. The molecule has 2 rings (SSSR count). The zero-order valence-electron chi connectivity index (χ0n) is 13.8. The summed E-state index contributed by atoms with van der Waals surface area (Å²) in [5.74, 6) is -1.35. The van der Waals surface area contributed by atoms with Crippen molar-refractivity contribution in [1.82, 2.24) is 9.88 Å². The number of hydrogen-bond donors (Lipinski definition) is 2. The first-order valence-electron chi connectivity index (χ1n) is 7.81. The third kappa shape index (κ3) is 3.38. The third-order valence-corrected chi connectivity index (χ3v) is 4.24. The van der Waals surface area contributed by atoms with Gasteiger partial charge in [-0.25, -0.2) is 4.79 Å². The van der Waals surface area contributed by atoms with Gasteiger partial charge in [-0.2, -0.15) is 0 Å². The molecular formula is C16H23N3O4. The van der Waals surface area contributed by atoms with E-state index in [9.17, 15) is 14.4 Å². The maximum absolute atomic E-state index is 12.7. The number of primary amides is 1. The zero-order chi connectivity index (χ0) is 17.1. The molecule has 1 aliphatic rings. The van der Waals surface area contributed by atoms with Crippen molar-refractivity contribution in [2.24, 2.45) is 11.7 Å². The number of carbonyl (C=O) groups is 3. The van der Waals surface area contributed by atoms with Gasteiger partial charge in [-0.3, -0.25) is 9.59 Å². The highest BCUT2D eigenvalue weighted by molar-refractivity contribution is 6.00. The SMILES string of the molecule is CCOC(=O)c1c(C)[nH]c(C(=O)N2CCC[C@H](C(N)=O)C2)c1C. The summed E-state index contributed by atoms with van der Waals surface area (Å²) >= 11 is 0. The van der Waals surface area contributed by atoms with Gasteiger partial charge in [0, 0.05) is 18.8 Å². The van der Waals surface area contributed by atoms with Gasteiger partial charge in [0.05, 0.1) is 18.1 Å². The van der Waals surface area contributed by atoms with E-state index >= 15 is 0 Å². The molecule has 2 amide bonds. The van der Waals surface area contributed by atoms with E-state index < -0.39 is 5.97 Å². The van der Waals surface area contributed by atoms with Crippen molar-refractivity contribution in [2.75, 3.05) is 19.7 Å². The summed E-state index contributed by atoms with van der Waals surface area (Å²) in [5, 5.41) is 0. The summed E-state index contributed by atoms with van der Waals surface area (Å²) < 4.78 is 5.03. The molecule has 1 fully saturated rings. The predicted molar refractivity (Wildman–Crippen MR) is 84.0 cm³/mol. The molecule has 2 heterocycles. The van der Waals surface area contributed by atoms with Crippen LogP contribution in [0.2, 0.25) is 0 Å². The van der Waals surface area contributed by atoms with Crippen LogP contribution in [0.5, 0.6) is 0 Å². The summed E-state index contributed by atoms with van der Waals surface area (Å²) in [6.45, 7) is 6.36. The van der Waals surface area contributed by atoms with Crippen molar-refractivity contribution in [2.45, 2.75) is 33.6 Å². The highest BCUT2D eigenvalue weighted by atomic mass is 16.5. The van der Waals surface area contributed by atoms with Crippen molar-refractivity contribution in [3.05, 3.63) is 22.5 Å². The van der Waals surface area contributed by atoms with Crippen LogP contribution < -0.4 is 5.73 Å². The maximum Gasteiger partial charge on any atom is 0.340 e. The number of esters is 1. The normalized spacial score (nSPS) is 17.9. The molecular weight excluding hydrogens is 298 g/mol. The van der Waals surface area contributed by atoms with Crippen LogP contribution >= 0.6 is 0 Å². The lowest BCUT2D eigenvalue weighted by Crippen LogP contribution is -2.44. The van der Waals surface area contributed by atoms with Gasteiger partial charge < -0.3 is 20.4 Å². The number of aromatic nitrogens is 1. The molecule has 1 aromatic heterocycles. The van der Waals surface area contributed by atoms with E-state index in [2.05, 4.69) is 4.98 Å². The van der Waals surface area contributed by atoms with Crippen LogP contribution in [0.4, 0.5) is 0 Å². The zero-order valence-corrected chi connectivity index (χ0v) is 13.8. The van der Waals surface area contributed by atoms with E-state index in [4.69, 9.17) is 10.5 Å². The van der Waals surface area contributed by atoms with Crippen molar-refractivity contribution in [3.8, 4) is 0 Å². The van der Waals surface area contributed by atoms with E-state index in [1.165, 1.54) is 0 Å². The Morgan fingerprint density at radius 3 is 2.65 bits per heavy atom. The molecule has 0 unspecified atom stereocenters. The Morgan fingerprint density at radius 1 is 1.35 bits per heavy atom. The third-order valence-electron chi connectivity index (χ3n) is 4.24. The number of ether oxygens (including phenoxy) is 1. The maximum atomic E-state index is 12.7. The molecule has 0 radical (unpaired) electrons. The summed E-state index contributed by atoms with van der Waals surface area (Å²) in [6.07, 6.45) is 1.44. The molecule has 3 N–H and O–H groups in total. The smallest absolute Gasteiger partial charge is 0.340 e. The number of nitrogens with one attached hydrogen (secondary N) is 1. The molecule has 0 spiro atoms. The van der Waals surface area contributed by atoms with Crippen LogP contribution in [0.1, 0.15) is 51.9 Å². The van der Waals surface area contributed by atoms with Crippen LogP contribution in [0.15, 0.2) is 0 Å². The van der Waals surface area contributed by atoms with Crippen molar-refractivity contribution in [1.29, 1.82) is 0 Å². The molecule has 1 saturated heterocycles. The molecule has 0 aliphatic carbocycles. The van der Waals surface area contributed by atoms with Gasteiger partial charge in [-0.05, 0) is 39.2 Å². The molecule has 7 nitrogen and oxygen atoms in total. The number of aromatic amines is 1. The van der Waals surface area contributed by atoms with E-state index in [0.29, 0.717) is 42.0 Å². The lowest BCUT2D eigenvalue weighted by Gasteiger charge is -2.31. The quantitative estimate of drug-likeness (QED) is 0.811. The Hall–Kier alpha value is -2.31. The first-order chi connectivity index (χ1) is 10.9. The Kier molecular flexibility index (Phi) is 5.08. The van der Waals surface area contributed by atoms with Gasteiger partial charge in [0.1, 0.15) is 5.69 Å². The number of amides is 2. The van der Waals surface area contributed by atoms with Crippen LogP contribution in [-0.4, -0.2) is 47.4 Å². The molecule has 7 heteroatoms. The second-order valence-electron chi connectivity index (χ2n) is 5.84. The average molecular weight is 321 g/mol. The van der Waals surface area contributed by atoms with Crippen molar-refractivity contribution >= 4 is 17.8 Å². The summed E-state index contributed by atoms with van der Waals surface area (Å²) in [7, 11) is 0. The molecule has 0 bridgehead atoms. The van der Waals surface area contributed by atoms with Gasteiger partial charge in [0.15, 0.2) is 0 Å². The van der Waals surface area contributed by atoms with Gasteiger partial charge in [-0.15, -0.1) is 0 Å². The van der Waals surface area contributed by atoms with Gasteiger partial charge >= 0.3 is 5.97 Å². The Balaban J connectivity index is 2.24. The fourth-order valence-corrected chi connectivity index (χ4v) is 3.03. The number of aryl methyl sites for hydroxylation is 1. The van der Waals surface area contributed by atoms with E-state index in [-0.39, 0.29) is 24.3 Å². The number of likely N-dealkylation sites (tertiary alicyclic amines) is 1. The lowest BCUT2D eigenvalue weighted by molar-refractivity contribution is -0.123. The number of nitrogens with zero attached hydrogens (tertiary/aromatic N) is 1. The Morgan fingerprint density at radius 2 is 2.04 bits per heavy atom. The molecule has 0 aromatic carbocycles. The molecule has 1 aromatic rings. The fraction of sp³-hybridized carbons (Fsp3) is 0.562. The minimum Gasteiger partial charge on any atom is -0.462 e. The number of hydrogen-bond acceptors (Lipinski definition) is 4. The van der Waals surface area contributed by atoms with Crippen molar-refractivity contribution < 1.29 is 19.1 Å². The van der Waals surface area contributed by atoms with E-state index in [0.717, 1.165) is 6.42 Å². The highest BCUT2D eigenvalue weighted by Crippen LogP contribution is 2.23. The first kappa shape index (κ1) is 17.1. The molecule has 1 aliphatic heterocycles. The Labute approximate surface area is 135 Å². The largest absolute Gasteiger partial charge is 0.462 e. The molecule has 1 atom stereocenters. The number of nitrogens with two attached hydrogens (primary N) is 1. The molecule has 126 valence electrons. The number of H-pyrrole nitrogens is 1.